The fourth-order valence-electron chi connectivity index (χ4n) is 5.60. The normalized spacial score (nSPS) is 27.8. The van der Waals surface area contributed by atoms with Crippen LogP contribution in [0.3, 0.4) is 0 Å². The molecule has 0 heterocycles. The standard InChI is InChI=1S/C28H38FN/c1-2-3-4-6-22-9-13-24(14-10-22)26-17-19-27(20-18-26)25-15-11-23(12-16-25)7-5-8-28(29)21-30/h5,7-10,13-14,23,25-27H,2-4,6,11-12,15-20H2,1H3. The lowest BCUT2D eigenvalue weighted by molar-refractivity contribution is 0.171. The van der Waals surface area contributed by atoms with Gasteiger partial charge in [-0.15, -0.1) is 0 Å². The van der Waals surface area contributed by atoms with Crippen LogP contribution in [-0.2, 0) is 6.42 Å². The average Bonchev–Trinajstić information content (AvgIpc) is 2.80. The fourth-order valence-corrected chi connectivity index (χ4v) is 5.60. The van der Waals surface area contributed by atoms with Crippen molar-refractivity contribution in [2.75, 3.05) is 0 Å². The lowest BCUT2D eigenvalue weighted by Gasteiger charge is -2.37. The average molecular weight is 408 g/mol. The first-order chi connectivity index (χ1) is 14.7. The maximum atomic E-state index is 12.9. The zero-order valence-electron chi connectivity index (χ0n) is 18.7. The number of benzene rings is 1. The molecule has 2 aliphatic carbocycles. The van der Waals surface area contributed by atoms with Crippen LogP contribution in [0.25, 0.3) is 0 Å². The van der Waals surface area contributed by atoms with Gasteiger partial charge >= 0.3 is 0 Å². The van der Waals surface area contributed by atoms with Crippen LogP contribution in [0.5, 0.6) is 0 Å². The van der Waals surface area contributed by atoms with Gasteiger partial charge in [0, 0.05) is 0 Å². The summed E-state index contributed by atoms with van der Waals surface area (Å²) in [7, 11) is 0. The number of aryl methyl sites for hydroxylation is 1. The van der Waals surface area contributed by atoms with Gasteiger partial charge in [0.1, 0.15) is 6.07 Å². The SMILES string of the molecule is CCCCCc1ccc(C2CCC(C3CCC(C=CC=C(F)C#N)CC3)CC2)cc1. The van der Waals surface area contributed by atoms with Crippen molar-refractivity contribution in [1.29, 1.82) is 5.26 Å². The van der Waals surface area contributed by atoms with E-state index in [-0.39, 0.29) is 0 Å². The summed E-state index contributed by atoms with van der Waals surface area (Å²) in [5.74, 6) is 2.38. The van der Waals surface area contributed by atoms with Gasteiger partial charge in [-0.1, -0.05) is 56.2 Å². The largest absolute Gasteiger partial charge is 0.199 e. The van der Waals surface area contributed by atoms with Crippen molar-refractivity contribution >= 4 is 0 Å². The minimum atomic E-state index is -0.706. The highest BCUT2D eigenvalue weighted by molar-refractivity contribution is 5.26. The molecule has 0 radical (unpaired) electrons. The Bertz CT molecular complexity index is 723. The molecule has 30 heavy (non-hydrogen) atoms. The minimum Gasteiger partial charge on any atom is -0.195 e. The Morgan fingerprint density at radius 3 is 2.20 bits per heavy atom. The predicted molar refractivity (Wildman–Crippen MR) is 124 cm³/mol. The highest BCUT2D eigenvalue weighted by Gasteiger charge is 2.30. The van der Waals surface area contributed by atoms with Crippen LogP contribution in [0.4, 0.5) is 4.39 Å². The van der Waals surface area contributed by atoms with Crippen molar-refractivity contribution in [1.82, 2.24) is 0 Å². The van der Waals surface area contributed by atoms with Gasteiger partial charge in [0.25, 0.3) is 0 Å². The van der Waals surface area contributed by atoms with E-state index in [9.17, 15) is 4.39 Å². The molecule has 0 aliphatic heterocycles. The molecular formula is C28H38FN. The van der Waals surface area contributed by atoms with Crippen molar-refractivity contribution in [3.05, 3.63) is 59.4 Å². The molecule has 1 nitrogen and oxygen atoms in total. The second-order valence-corrected chi connectivity index (χ2v) is 9.50. The molecule has 0 bridgehead atoms. The van der Waals surface area contributed by atoms with Gasteiger partial charge in [0.05, 0.1) is 0 Å². The van der Waals surface area contributed by atoms with E-state index >= 15 is 0 Å². The second kappa shape index (κ2) is 12.1. The molecule has 2 saturated carbocycles. The highest BCUT2D eigenvalue weighted by Crippen LogP contribution is 2.44. The summed E-state index contributed by atoms with van der Waals surface area (Å²) in [5.41, 5.74) is 3.05. The van der Waals surface area contributed by atoms with Crippen LogP contribution in [-0.4, -0.2) is 0 Å². The third-order valence-corrected chi connectivity index (χ3v) is 7.51. The molecule has 0 unspecified atom stereocenters. The zero-order valence-corrected chi connectivity index (χ0v) is 18.7. The van der Waals surface area contributed by atoms with Gasteiger partial charge < -0.3 is 0 Å². The lowest BCUT2D eigenvalue weighted by Crippen LogP contribution is -2.25. The first-order valence-corrected chi connectivity index (χ1v) is 12.2. The van der Waals surface area contributed by atoms with Crippen molar-refractivity contribution in [2.45, 2.75) is 89.9 Å². The summed E-state index contributed by atoms with van der Waals surface area (Å²) in [6.07, 6.45) is 20.7. The van der Waals surface area contributed by atoms with E-state index in [1.807, 2.05) is 0 Å². The molecule has 0 aromatic heterocycles. The zero-order chi connectivity index (χ0) is 21.2. The number of nitriles is 1. The summed E-state index contributed by atoms with van der Waals surface area (Å²) >= 11 is 0. The number of rotatable bonds is 8. The first kappa shape index (κ1) is 22.8. The highest BCUT2D eigenvalue weighted by atomic mass is 19.1. The van der Waals surface area contributed by atoms with Crippen LogP contribution in [0.1, 0.15) is 94.6 Å². The van der Waals surface area contributed by atoms with Crippen LogP contribution in [0, 0.1) is 29.1 Å². The topological polar surface area (TPSA) is 23.8 Å². The van der Waals surface area contributed by atoms with E-state index in [2.05, 4.69) is 37.3 Å². The summed E-state index contributed by atoms with van der Waals surface area (Å²) in [4.78, 5) is 0. The van der Waals surface area contributed by atoms with E-state index in [4.69, 9.17) is 5.26 Å². The third kappa shape index (κ3) is 6.83. The van der Waals surface area contributed by atoms with Crippen LogP contribution in [0.2, 0.25) is 0 Å². The molecule has 2 aliphatic rings. The smallest absolute Gasteiger partial charge is 0.195 e. The van der Waals surface area contributed by atoms with Gasteiger partial charge in [0.2, 0.25) is 0 Å². The number of hydrogen-bond donors (Lipinski definition) is 0. The van der Waals surface area contributed by atoms with Gasteiger partial charge in [-0.25, -0.2) is 0 Å². The molecule has 0 spiro atoms. The predicted octanol–water partition coefficient (Wildman–Crippen LogP) is 8.43. The van der Waals surface area contributed by atoms with E-state index in [0.717, 1.165) is 17.8 Å². The number of allylic oxidation sites excluding steroid dienone is 4. The van der Waals surface area contributed by atoms with Crippen molar-refractivity contribution in [2.24, 2.45) is 17.8 Å². The Hall–Kier alpha value is -1.88. The minimum absolute atomic E-state index is 0.552. The number of hydrogen-bond acceptors (Lipinski definition) is 1. The molecular weight excluding hydrogens is 369 g/mol. The maximum absolute atomic E-state index is 12.9. The Balaban J connectivity index is 1.40. The molecule has 0 saturated heterocycles. The van der Waals surface area contributed by atoms with Crippen LogP contribution >= 0.6 is 0 Å². The van der Waals surface area contributed by atoms with Gasteiger partial charge in [-0.2, -0.15) is 9.65 Å². The number of unbranched alkanes of at least 4 members (excludes halogenated alkanes) is 2. The Kier molecular flexibility index (Phi) is 9.19. The van der Waals surface area contributed by atoms with Gasteiger partial charge in [-0.05, 0) is 105 Å². The molecule has 3 rings (SSSR count). The van der Waals surface area contributed by atoms with Crippen molar-refractivity contribution in [3.63, 3.8) is 0 Å². The van der Waals surface area contributed by atoms with E-state index in [1.165, 1.54) is 94.8 Å². The summed E-state index contributed by atoms with van der Waals surface area (Å²) in [5, 5.41) is 8.47. The van der Waals surface area contributed by atoms with Crippen molar-refractivity contribution in [3.8, 4) is 6.07 Å². The Labute approximate surface area is 183 Å². The van der Waals surface area contributed by atoms with E-state index < -0.39 is 5.83 Å². The molecule has 162 valence electrons. The maximum Gasteiger partial charge on any atom is 0.199 e. The first-order valence-electron chi connectivity index (χ1n) is 12.2. The quantitative estimate of drug-likeness (QED) is 0.241. The molecule has 1 aromatic rings. The summed E-state index contributed by atoms with van der Waals surface area (Å²) < 4.78 is 12.9. The number of nitrogens with zero attached hydrogens (tertiary/aromatic N) is 1. The molecule has 2 fully saturated rings. The third-order valence-electron chi connectivity index (χ3n) is 7.51. The van der Waals surface area contributed by atoms with Gasteiger partial charge in [0.15, 0.2) is 5.83 Å². The van der Waals surface area contributed by atoms with Crippen LogP contribution in [0.15, 0.2) is 48.3 Å². The fraction of sp³-hybridized carbons (Fsp3) is 0.607. The van der Waals surface area contributed by atoms with Gasteiger partial charge in [-0.3, -0.25) is 0 Å². The monoisotopic (exact) mass is 407 g/mol. The molecule has 1 aromatic carbocycles. The van der Waals surface area contributed by atoms with E-state index in [0.29, 0.717) is 5.92 Å². The Morgan fingerprint density at radius 1 is 0.967 bits per heavy atom. The second-order valence-electron chi connectivity index (χ2n) is 9.50. The molecule has 2 heteroatoms. The number of halogens is 1. The molecule has 0 atom stereocenters. The molecule has 0 N–H and O–H groups in total. The Morgan fingerprint density at radius 2 is 1.60 bits per heavy atom. The van der Waals surface area contributed by atoms with Crippen molar-refractivity contribution < 1.29 is 4.39 Å². The van der Waals surface area contributed by atoms with Crippen LogP contribution < -0.4 is 0 Å². The summed E-state index contributed by atoms with van der Waals surface area (Å²) in [6, 6.07) is 11.0. The lowest BCUT2D eigenvalue weighted by atomic mass is 9.68. The van der Waals surface area contributed by atoms with E-state index in [1.54, 1.807) is 11.6 Å². The molecule has 0 amide bonds. The summed E-state index contributed by atoms with van der Waals surface area (Å²) in [6.45, 7) is 2.26.